The van der Waals surface area contributed by atoms with Crippen molar-refractivity contribution in [1.82, 2.24) is 25.6 Å². The minimum absolute atomic E-state index is 0.0912. The molecule has 9 heteroatoms. The van der Waals surface area contributed by atoms with Gasteiger partial charge < -0.3 is 26.2 Å². The van der Waals surface area contributed by atoms with E-state index in [0.29, 0.717) is 36.0 Å². The van der Waals surface area contributed by atoms with Crippen LogP contribution in [0.4, 0.5) is 23.5 Å². The van der Waals surface area contributed by atoms with Gasteiger partial charge in [0.2, 0.25) is 17.8 Å². The van der Waals surface area contributed by atoms with E-state index in [-0.39, 0.29) is 11.3 Å². The van der Waals surface area contributed by atoms with E-state index in [9.17, 15) is 4.79 Å². The first-order valence-corrected chi connectivity index (χ1v) is 11.7. The molecular formula is C24H38N8O. The monoisotopic (exact) mass is 454 g/mol. The number of aromatic nitrogens is 3. The highest BCUT2D eigenvalue weighted by Crippen LogP contribution is 2.24. The lowest BCUT2D eigenvalue weighted by Crippen LogP contribution is -2.32. The Bertz CT molecular complexity index is 950. The Morgan fingerprint density at radius 2 is 1.97 bits per heavy atom. The summed E-state index contributed by atoms with van der Waals surface area (Å²) in [4.78, 5) is 28.3. The molecule has 2 aromatic rings. The van der Waals surface area contributed by atoms with E-state index in [0.717, 1.165) is 37.3 Å². The number of carbonyl (C=O) groups excluding carboxylic acids is 1. The smallest absolute Gasteiger partial charge is 0.251 e. The third-order valence-corrected chi connectivity index (χ3v) is 5.43. The van der Waals surface area contributed by atoms with Crippen LogP contribution in [0, 0.1) is 12.3 Å². The van der Waals surface area contributed by atoms with Crippen LogP contribution in [0.5, 0.6) is 0 Å². The second-order valence-electron chi connectivity index (χ2n) is 9.89. The van der Waals surface area contributed by atoms with Gasteiger partial charge in [-0.1, -0.05) is 26.8 Å². The van der Waals surface area contributed by atoms with Crippen molar-refractivity contribution < 1.29 is 4.79 Å². The van der Waals surface area contributed by atoms with Gasteiger partial charge in [0.15, 0.2) is 0 Å². The van der Waals surface area contributed by atoms with E-state index in [2.05, 4.69) is 57.0 Å². The van der Waals surface area contributed by atoms with Gasteiger partial charge in [0.25, 0.3) is 5.91 Å². The fraction of sp³-hybridized carbons (Fsp3) is 0.583. The lowest BCUT2D eigenvalue weighted by Gasteiger charge is -2.27. The molecule has 33 heavy (non-hydrogen) atoms. The Morgan fingerprint density at radius 1 is 1.21 bits per heavy atom. The highest BCUT2D eigenvalue weighted by atomic mass is 16.1. The van der Waals surface area contributed by atoms with Gasteiger partial charge in [0.1, 0.15) is 0 Å². The molecule has 1 atom stereocenters. The van der Waals surface area contributed by atoms with Crippen LogP contribution in [0.25, 0.3) is 0 Å². The zero-order valence-corrected chi connectivity index (χ0v) is 20.7. The van der Waals surface area contributed by atoms with Crippen molar-refractivity contribution in [3.63, 3.8) is 0 Å². The third-order valence-electron chi connectivity index (χ3n) is 5.43. The lowest BCUT2D eigenvalue weighted by atomic mass is 9.96. The predicted octanol–water partition coefficient (Wildman–Crippen LogP) is 3.32. The fourth-order valence-corrected chi connectivity index (χ4v) is 3.88. The zero-order valence-electron chi connectivity index (χ0n) is 20.7. The number of carbonyl (C=O) groups is 1. The van der Waals surface area contributed by atoms with Gasteiger partial charge in [-0.25, -0.2) is 0 Å². The molecule has 4 N–H and O–H groups in total. The molecule has 9 nitrogen and oxygen atoms in total. The summed E-state index contributed by atoms with van der Waals surface area (Å²) in [7, 11) is 1.99. The second kappa shape index (κ2) is 10.8. The van der Waals surface area contributed by atoms with Gasteiger partial charge in [0.05, 0.1) is 0 Å². The molecule has 1 aromatic heterocycles. The van der Waals surface area contributed by atoms with E-state index in [1.807, 2.05) is 44.0 Å². The van der Waals surface area contributed by atoms with Crippen LogP contribution in [-0.2, 0) is 0 Å². The maximum Gasteiger partial charge on any atom is 0.251 e. The first-order valence-electron chi connectivity index (χ1n) is 11.7. The molecule has 1 amide bonds. The zero-order chi connectivity index (χ0) is 24.0. The molecule has 0 unspecified atom stereocenters. The average molecular weight is 455 g/mol. The largest absolute Gasteiger partial charge is 0.352 e. The summed E-state index contributed by atoms with van der Waals surface area (Å²) in [6, 6.07) is 6.00. The number of anilines is 4. The van der Waals surface area contributed by atoms with Crippen molar-refractivity contribution in [1.29, 1.82) is 0 Å². The van der Waals surface area contributed by atoms with Crippen LogP contribution in [0.15, 0.2) is 18.2 Å². The Morgan fingerprint density at radius 3 is 2.64 bits per heavy atom. The minimum atomic E-state index is -0.104. The van der Waals surface area contributed by atoms with E-state index in [1.54, 1.807) is 0 Å². The van der Waals surface area contributed by atoms with Crippen molar-refractivity contribution in [2.45, 2.75) is 53.5 Å². The Balaban J connectivity index is 1.87. The minimum Gasteiger partial charge on any atom is -0.352 e. The average Bonchev–Trinajstić information content (AvgIpc) is 3.26. The van der Waals surface area contributed by atoms with E-state index < -0.39 is 0 Å². The molecule has 2 heterocycles. The summed E-state index contributed by atoms with van der Waals surface area (Å²) in [5.41, 5.74) is 2.47. The van der Waals surface area contributed by atoms with Crippen molar-refractivity contribution in [2.24, 2.45) is 5.41 Å². The topological polar surface area (TPSA) is 107 Å². The highest BCUT2D eigenvalue weighted by Gasteiger charge is 2.19. The molecule has 0 spiro atoms. The number of aryl methyl sites for hydroxylation is 1. The van der Waals surface area contributed by atoms with Gasteiger partial charge >= 0.3 is 0 Å². The van der Waals surface area contributed by atoms with Gasteiger partial charge in [-0.3, -0.25) is 4.79 Å². The second-order valence-corrected chi connectivity index (χ2v) is 9.89. The number of hydrogen-bond donors (Lipinski definition) is 4. The van der Waals surface area contributed by atoms with Crippen molar-refractivity contribution in [3.05, 3.63) is 29.3 Å². The lowest BCUT2D eigenvalue weighted by molar-refractivity contribution is 0.0956. The molecule has 1 aliphatic rings. The maximum absolute atomic E-state index is 12.3. The molecule has 0 radical (unpaired) electrons. The molecule has 1 aliphatic heterocycles. The van der Waals surface area contributed by atoms with Crippen LogP contribution in [0.3, 0.4) is 0 Å². The summed E-state index contributed by atoms with van der Waals surface area (Å²) in [5, 5.41) is 13.0. The van der Waals surface area contributed by atoms with E-state index in [1.165, 1.54) is 6.42 Å². The first kappa shape index (κ1) is 24.7. The number of hydrogen-bond acceptors (Lipinski definition) is 8. The molecule has 1 aromatic carbocycles. The quantitative estimate of drug-likeness (QED) is 0.457. The number of nitrogens with zero attached hydrogens (tertiary/aromatic N) is 4. The van der Waals surface area contributed by atoms with Crippen LogP contribution in [-0.4, -0.2) is 60.1 Å². The normalized spacial score (nSPS) is 15.9. The van der Waals surface area contributed by atoms with Gasteiger partial charge in [0, 0.05) is 44.0 Å². The molecule has 0 aliphatic carbocycles. The van der Waals surface area contributed by atoms with Gasteiger partial charge in [-0.2, -0.15) is 15.0 Å². The van der Waals surface area contributed by atoms with Crippen molar-refractivity contribution >= 4 is 29.4 Å². The standard InChI is InChI=1S/C24H38N8O/c1-7-25-20(33)17-11-10-16(2)19(13-17)28-22-29-21(27-14-18-9-8-12-26-18)30-23(31-22)32(6)15-24(3,4)5/h10-11,13,18,26H,7-9,12,14-15H2,1-6H3,(H,25,33)(H2,27,28,29,30,31)/t18-/m1/s1. The Hall–Kier alpha value is -2.94. The molecule has 1 saturated heterocycles. The maximum atomic E-state index is 12.3. The van der Waals surface area contributed by atoms with Crippen LogP contribution in [0.1, 0.15) is 56.5 Å². The van der Waals surface area contributed by atoms with Crippen molar-refractivity contribution in [3.8, 4) is 0 Å². The molecule has 0 saturated carbocycles. The van der Waals surface area contributed by atoms with Crippen LogP contribution < -0.4 is 26.2 Å². The summed E-state index contributed by atoms with van der Waals surface area (Å²) in [5.74, 6) is 1.48. The number of benzene rings is 1. The predicted molar refractivity (Wildman–Crippen MR) is 135 cm³/mol. The number of nitrogens with one attached hydrogen (secondary N) is 4. The van der Waals surface area contributed by atoms with E-state index in [4.69, 9.17) is 0 Å². The molecular weight excluding hydrogens is 416 g/mol. The molecule has 180 valence electrons. The number of amides is 1. The molecule has 1 fully saturated rings. The summed E-state index contributed by atoms with van der Waals surface area (Å²) >= 11 is 0. The SMILES string of the molecule is CCNC(=O)c1ccc(C)c(Nc2nc(NC[C@H]3CCCN3)nc(N(C)CC(C)(C)C)n2)c1. The first-order chi connectivity index (χ1) is 15.6. The summed E-state index contributed by atoms with van der Waals surface area (Å²) in [6.45, 7) is 13.6. The molecule has 3 rings (SSSR count). The Labute approximate surface area is 197 Å². The van der Waals surface area contributed by atoms with Gasteiger partial charge in [-0.15, -0.1) is 0 Å². The fourth-order valence-electron chi connectivity index (χ4n) is 3.88. The van der Waals surface area contributed by atoms with Crippen LogP contribution >= 0.6 is 0 Å². The van der Waals surface area contributed by atoms with Gasteiger partial charge in [-0.05, 0) is 56.3 Å². The summed E-state index contributed by atoms with van der Waals surface area (Å²) in [6.07, 6.45) is 2.34. The molecule has 0 bridgehead atoms. The third kappa shape index (κ3) is 7.28. The summed E-state index contributed by atoms with van der Waals surface area (Å²) < 4.78 is 0. The van der Waals surface area contributed by atoms with E-state index >= 15 is 0 Å². The Kier molecular flexibility index (Phi) is 8.07. The number of rotatable bonds is 9. The van der Waals surface area contributed by atoms with Crippen molar-refractivity contribution in [2.75, 3.05) is 48.8 Å². The highest BCUT2D eigenvalue weighted by molar-refractivity contribution is 5.95. The van der Waals surface area contributed by atoms with Crippen LogP contribution in [0.2, 0.25) is 0 Å².